The van der Waals surface area contributed by atoms with Crippen molar-refractivity contribution >= 4 is 0 Å². The molecule has 2 bridgehead atoms. The molecule has 3 aliphatic heterocycles. The van der Waals surface area contributed by atoms with E-state index in [1.807, 2.05) is 0 Å². The normalized spacial score (nSPS) is 37.6. The van der Waals surface area contributed by atoms with Crippen LogP contribution in [-0.2, 0) is 21.3 Å². The van der Waals surface area contributed by atoms with Gasteiger partial charge in [0.05, 0.1) is 33.0 Å². The van der Waals surface area contributed by atoms with E-state index in [9.17, 15) is 0 Å². The fourth-order valence-corrected chi connectivity index (χ4v) is 6.61. The van der Waals surface area contributed by atoms with Gasteiger partial charge in [-0.25, -0.2) is 0 Å². The Labute approximate surface area is 174 Å². The fourth-order valence-electron chi connectivity index (χ4n) is 6.61. The van der Waals surface area contributed by atoms with Crippen LogP contribution in [0.1, 0.15) is 36.8 Å². The highest BCUT2D eigenvalue weighted by Crippen LogP contribution is 2.53. The first-order valence-corrected chi connectivity index (χ1v) is 11.6. The molecule has 0 amide bonds. The van der Waals surface area contributed by atoms with Crippen LogP contribution >= 0.6 is 0 Å². The number of likely N-dealkylation sites (tertiary alicyclic amines) is 1. The molecule has 3 saturated heterocycles. The van der Waals surface area contributed by atoms with Gasteiger partial charge in [0.1, 0.15) is 5.75 Å². The van der Waals surface area contributed by atoms with Gasteiger partial charge in [-0.15, -0.1) is 0 Å². The third kappa shape index (κ3) is 3.13. The van der Waals surface area contributed by atoms with Crippen LogP contribution in [0.25, 0.3) is 0 Å². The molecule has 4 fully saturated rings. The van der Waals surface area contributed by atoms with Gasteiger partial charge in [-0.2, -0.15) is 0 Å². The van der Waals surface area contributed by atoms with E-state index in [-0.39, 0.29) is 5.41 Å². The zero-order valence-electron chi connectivity index (χ0n) is 17.6. The molecule has 0 aromatic heterocycles. The van der Waals surface area contributed by atoms with Crippen LogP contribution in [0.3, 0.4) is 0 Å². The van der Waals surface area contributed by atoms with Crippen molar-refractivity contribution in [2.45, 2.75) is 55.7 Å². The lowest BCUT2D eigenvalue weighted by molar-refractivity contribution is -0.157. The summed E-state index contributed by atoms with van der Waals surface area (Å²) in [6, 6.07) is 7.86. The minimum atomic E-state index is 0.133. The first kappa shape index (κ1) is 18.6. The third-order valence-electron chi connectivity index (χ3n) is 8.31. The Morgan fingerprint density at radius 1 is 1.17 bits per heavy atom. The summed E-state index contributed by atoms with van der Waals surface area (Å²) in [7, 11) is 1.79. The van der Waals surface area contributed by atoms with E-state index in [0.29, 0.717) is 18.2 Å². The molecule has 2 unspecified atom stereocenters. The molecule has 5 heteroatoms. The van der Waals surface area contributed by atoms with Crippen LogP contribution in [0, 0.1) is 5.92 Å². The smallest absolute Gasteiger partial charge is 0.119 e. The van der Waals surface area contributed by atoms with Gasteiger partial charge in [-0.1, -0.05) is 6.07 Å². The molecule has 0 radical (unpaired) electrons. The standard InChI is InChI=1S/C24H34N2O3/c1-27-20-5-4-18-12-22-23-24(21(18)13-20,6-7-26(22)15-17-2-3-17)14-19(16-29-23)25-8-10-28-11-9-25/h4-5,13,17,19,22-23H,2-3,6-12,14-16H2,1H3/t19?,22-,23?,24-/m1/s1. The summed E-state index contributed by atoms with van der Waals surface area (Å²) < 4.78 is 18.1. The summed E-state index contributed by atoms with van der Waals surface area (Å²) in [4.78, 5) is 5.40. The Morgan fingerprint density at radius 2 is 2.03 bits per heavy atom. The molecule has 5 aliphatic rings. The molecule has 158 valence electrons. The minimum absolute atomic E-state index is 0.133. The van der Waals surface area contributed by atoms with Gasteiger partial charge < -0.3 is 14.2 Å². The van der Waals surface area contributed by atoms with Crippen molar-refractivity contribution in [2.75, 3.05) is 53.1 Å². The topological polar surface area (TPSA) is 34.2 Å². The number of hydrogen-bond donors (Lipinski definition) is 0. The number of rotatable bonds is 4. The van der Waals surface area contributed by atoms with Crippen molar-refractivity contribution in [1.82, 2.24) is 9.80 Å². The highest BCUT2D eigenvalue weighted by Gasteiger charge is 2.57. The SMILES string of the molecule is COc1ccc2c(c1)[C@]13CCN(CC4CC4)[C@H](C2)C1OCC(N1CCOCC1)C3. The summed E-state index contributed by atoms with van der Waals surface area (Å²) >= 11 is 0. The summed E-state index contributed by atoms with van der Waals surface area (Å²) in [6.07, 6.45) is 6.72. The van der Waals surface area contributed by atoms with Gasteiger partial charge >= 0.3 is 0 Å². The molecule has 0 N–H and O–H groups in total. The molecule has 2 aliphatic carbocycles. The van der Waals surface area contributed by atoms with Gasteiger partial charge in [-0.05, 0) is 67.8 Å². The maximum absolute atomic E-state index is 6.80. The van der Waals surface area contributed by atoms with Gasteiger partial charge in [-0.3, -0.25) is 9.80 Å². The zero-order chi connectivity index (χ0) is 19.4. The Bertz CT molecular complexity index is 760. The highest BCUT2D eigenvalue weighted by molar-refractivity contribution is 5.46. The van der Waals surface area contributed by atoms with Crippen molar-refractivity contribution in [2.24, 2.45) is 5.92 Å². The monoisotopic (exact) mass is 398 g/mol. The second kappa shape index (κ2) is 7.23. The second-order valence-corrected chi connectivity index (χ2v) is 9.90. The average Bonchev–Trinajstić information content (AvgIpc) is 3.60. The number of piperidine rings is 1. The van der Waals surface area contributed by atoms with E-state index in [4.69, 9.17) is 14.2 Å². The minimum Gasteiger partial charge on any atom is -0.497 e. The van der Waals surface area contributed by atoms with Gasteiger partial charge in [0.15, 0.2) is 0 Å². The predicted octanol–water partition coefficient (Wildman–Crippen LogP) is 2.46. The molecular weight excluding hydrogens is 364 g/mol. The Morgan fingerprint density at radius 3 is 2.83 bits per heavy atom. The molecule has 1 saturated carbocycles. The quantitative estimate of drug-likeness (QED) is 0.778. The van der Waals surface area contributed by atoms with Gasteiger partial charge in [0.2, 0.25) is 0 Å². The van der Waals surface area contributed by atoms with Crippen molar-refractivity contribution in [3.05, 3.63) is 29.3 Å². The van der Waals surface area contributed by atoms with Crippen LogP contribution in [-0.4, -0.2) is 81.1 Å². The van der Waals surface area contributed by atoms with Crippen LogP contribution in [0.15, 0.2) is 18.2 Å². The van der Waals surface area contributed by atoms with E-state index in [0.717, 1.165) is 51.0 Å². The Kier molecular flexibility index (Phi) is 4.64. The fraction of sp³-hybridized carbons (Fsp3) is 0.750. The Hall–Kier alpha value is -1.14. The summed E-state index contributed by atoms with van der Waals surface area (Å²) in [6.45, 7) is 7.16. The zero-order valence-corrected chi connectivity index (χ0v) is 17.6. The highest BCUT2D eigenvalue weighted by atomic mass is 16.5. The lowest BCUT2D eigenvalue weighted by Crippen LogP contribution is -2.68. The average molecular weight is 399 g/mol. The number of benzene rings is 1. The molecule has 29 heavy (non-hydrogen) atoms. The van der Waals surface area contributed by atoms with E-state index in [1.165, 1.54) is 49.9 Å². The van der Waals surface area contributed by atoms with E-state index < -0.39 is 0 Å². The van der Waals surface area contributed by atoms with Gasteiger partial charge in [0.25, 0.3) is 0 Å². The lowest BCUT2D eigenvalue weighted by atomic mass is 9.58. The number of fused-ring (bicyclic) bond motifs is 1. The van der Waals surface area contributed by atoms with E-state index in [2.05, 4.69) is 28.0 Å². The van der Waals surface area contributed by atoms with Crippen molar-refractivity contribution in [3.8, 4) is 5.75 Å². The summed E-state index contributed by atoms with van der Waals surface area (Å²) in [5.41, 5.74) is 3.18. The summed E-state index contributed by atoms with van der Waals surface area (Å²) in [5, 5.41) is 0. The van der Waals surface area contributed by atoms with Crippen LogP contribution in [0.5, 0.6) is 5.75 Å². The third-order valence-corrected chi connectivity index (χ3v) is 8.31. The molecule has 6 rings (SSSR count). The predicted molar refractivity (Wildman–Crippen MR) is 112 cm³/mol. The maximum atomic E-state index is 6.80. The van der Waals surface area contributed by atoms with Crippen LogP contribution in [0.2, 0.25) is 0 Å². The number of ether oxygens (including phenoxy) is 3. The number of nitrogens with zero attached hydrogens (tertiary/aromatic N) is 2. The van der Waals surface area contributed by atoms with Crippen molar-refractivity contribution in [1.29, 1.82) is 0 Å². The maximum Gasteiger partial charge on any atom is 0.119 e. The second-order valence-electron chi connectivity index (χ2n) is 9.90. The van der Waals surface area contributed by atoms with Crippen molar-refractivity contribution < 1.29 is 14.2 Å². The van der Waals surface area contributed by atoms with Gasteiger partial charge in [0, 0.05) is 37.1 Å². The molecule has 0 spiro atoms. The lowest BCUT2D eigenvalue weighted by Gasteiger charge is -2.60. The number of methoxy groups -OCH3 is 1. The molecular formula is C24H34N2O3. The van der Waals surface area contributed by atoms with Crippen molar-refractivity contribution in [3.63, 3.8) is 0 Å². The summed E-state index contributed by atoms with van der Waals surface area (Å²) in [5.74, 6) is 1.92. The Balaban J connectivity index is 1.37. The number of morpholine rings is 1. The first-order chi connectivity index (χ1) is 14.3. The number of hydrogen-bond acceptors (Lipinski definition) is 5. The van der Waals surface area contributed by atoms with E-state index >= 15 is 0 Å². The van der Waals surface area contributed by atoms with Crippen LogP contribution < -0.4 is 4.74 Å². The molecule has 1 aromatic carbocycles. The van der Waals surface area contributed by atoms with Crippen LogP contribution in [0.4, 0.5) is 0 Å². The molecule has 4 atom stereocenters. The largest absolute Gasteiger partial charge is 0.497 e. The first-order valence-electron chi connectivity index (χ1n) is 11.6. The van der Waals surface area contributed by atoms with E-state index in [1.54, 1.807) is 7.11 Å². The molecule has 1 aromatic rings. The molecule has 3 heterocycles. The molecule has 5 nitrogen and oxygen atoms in total.